The van der Waals surface area contributed by atoms with Crippen molar-refractivity contribution in [3.8, 4) is 0 Å². The second kappa shape index (κ2) is 7.98. The summed E-state index contributed by atoms with van der Waals surface area (Å²) in [4.78, 5) is 28.7. The molecule has 3 aromatic rings. The van der Waals surface area contributed by atoms with E-state index < -0.39 is 11.6 Å². The van der Waals surface area contributed by atoms with Gasteiger partial charge in [-0.15, -0.1) is 16.4 Å². The second-order valence-electron chi connectivity index (χ2n) is 6.96. The Hall–Kier alpha value is -2.58. The van der Waals surface area contributed by atoms with Gasteiger partial charge in [-0.05, 0) is 55.9 Å². The highest BCUT2D eigenvalue weighted by Gasteiger charge is 2.36. The molecule has 0 bridgehead atoms. The molecular formula is C19H20N4O2S2. The topological polar surface area (TPSA) is 75.2 Å². The molecule has 0 saturated carbocycles. The number of carbonyl (C=O) groups is 2. The standard InChI is InChI=1S/C19H20N4O2S2/c1-19(2,3)20-17(24)16(15-10-7-11-26-15)23(13-8-5-4-6-9-13)18(25)14-12-27-22-21-14/h4-12,16H,1-3H3,(H,20,24). The fourth-order valence-corrected chi connectivity index (χ4v) is 3.85. The maximum Gasteiger partial charge on any atom is 0.280 e. The van der Waals surface area contributed by atoms with Crippen molar-refractivity contribution in [3.05, 3.63) is 63.8 Å². The number of hydrogen-bond donors (Lipinski definition) is 1. The molecule has 2 amide bonds. The van der Waals surface area contributed by atoms with E-state index in [0.29, 0.717) is 5.69 Å². The molecule has 0 aliphatic carbocycles. The molecule has 0 aliphatic heterocycles. The first-order chi connectivity index (χ1) is 12.9. The summed E-state index contributed by atoms with van der Waals surface area (Å²) >= 11 is 2.54. The largest absolute Gasteiger partial charge is 0.349 e. The molecule has 8 heteroatoms. The van der Waals surface area contributed by atoms with Crippen molar-refractivity contribution >= 4 is 40.4 Å². The zero-order valence-electron chi connectivity index (χ0n) is 15.2. The van der Waals surface area contributed by atoms with Gasteiger partial charge in [-0.25, -0.2) is 0 Å². The van der Waals surface area contributed by atoms with E-state index >= 15 is 0 Å². The fourth-order valence-electron chi connectivity index (χ4n) is 2.61. The summed E-state index contributed by atoms with van der Waals surface area (Å²) < 4.78 is 3.79. The maximum atomic E-state index is 13.3. The number of nitrogens with one attached hydrogen (secondary N) is 1. The van der Waals surface area contributed by atoms with Crippen LogP contribution in [0.2, 0.25) is 0 Å². The molecule has 1 aromatic carbocycles. The molecule has 140 valence electrons. The first-order valence-electron chi connectivity index (χ1n) is 8.38. The van der Waals surface area contributed by atoms with Gasteiger partial charge in [-0.3, -0.25) is 14.5 Å². The van der Waals surface area contributed by atoms with Gasteiger partial charge in [0.05, 0.1) is 0 Å². The Bertz CT molecular complexity index is 888. The van der Waals surface area contributed by atoms with E-state index in [1.807, 2.05) is 68.6 Å². The SMILES string of the molecule is CC(C)(C)NC(=O)C(c1cccs1)N(C(=O)c1csnn1)c1ccccc1. The molecule has 0 saturated heterocycles. The van der Waals surface area contributed by atoms with Gasteiger partial charge in [0, 0.05) is 21.5 Å². The molecule has 0 fully saturated rings. The Kier molecular flexibility index (Phi) is 5.67. The quantitative estimate of drug-likeness (QED) is 0.705. The van der Waals surface area contributed by atoms with Crippen LogP contribution in [-0.4, -0.2) is 26.9 Å². The summed E-state index contributed by atoms with van der Waals surface area (Å²) in [5.41, 5.74) is 0.409. The number of para-hydroxylation sites is 1. The molecule has 3 rings (SSSR count). The molecule has 1 N–H and O–H groups in total. The van der Waals surface area contributed by atoms with E-state index in [1.54, 1.807) is 5.38 Å². The van der Waals surface area contributed by atoms with Crippen LogP contribution < -0.4 is 10.2 Å². The van der Waals surface area contributed by atoms with E-state index in [4.69, 9.17) is 0 Å². The van der Waals surface area contributed by atoms with Crippen LogP contribution in [0, 0.1) is 0 Å². The summed E-state index contributed by atoms with van der Waals surface area (Å²) in [5.74, 6) is -0.609. The van der Waals surface area contributed by atoms with E-state index in [9.17, 15) is 9.59 Å². The van der Waals surface area contributed by atoms with Gasteiger partial charge in [0.15, 0.2) is 11.7 Å². The summed E-state index contributed by atoms with van der Waals surface area (Å²) in [6.07, 6.45) is 0. The molecule has 1 atom stereocenters. The number of carbonyl (C=O) groups excluding carboxylic acids is 2. The Morgan fingerprint density at radius 3 is 2.41 bits per heavy atom. The van der Waals surface area contributed by atoms with Crippen LogP contribution in [0.5, 0.6) is 0 Å². The Morgan fingerprint density at radius 1 is 1.11 bits per heavy atom. The molecule has 2 aromatic heterocycles. The lowest BCUT2D eigenvalue weighted by molar-refractivity contribution is -0.123. The molecule has 2 heterocycles. The van der Waals surface area contributed by atoms with E-state index in [0.717, 1.165) is 16.4 Å². The lowest BCUT2D eigenvalue weighted by Crippen LogP contribution is -2.49. The Balaban J connectivity index is 2.10. The minimum absolute atomic E-state index is 0.217. The van der Waals surface area contributed by atoms with Crippen LogP contribution in [0.25, 0.3) is 0 Å². The van der Waals surface area contributed by atoms with Gasteiger partial charge in [0.25, 0.3) is 5.91 Å². The minimum Gasteiger partial charge on any atom is -0.349 e. The number of aromatic nitrogens is 2. The zero-order chi connectivity index (χ0) is 19.4. The van der Waals surface area contributed by atoms with Crippen molar-refractivity contribution in [3.63, 3.8) is 0 Å². The predicted molar refractivity (Wildman–Crippen MR) is 108 cm³/mol. The number of rotatable bonds is 5. The van der Waals surface area contributed by atoms with Gasteiger partial charge < -0.3 is 5.32 Å². The molecule has 1 unspecified atom stereocenters. The van der Waals surface area contributed by atoms with Crippen molar-refractivity contribution in [2.24, 2.45) is 0 Å². The van der Waals surface area contributed by atoms with Crippen LogP contribution in [0.3, 0.4) is 0 Å². The smallest absolute Gasteiger partial charge is 0.280 e. The predicted octanol–water partition coefficient (Wildman–Crippen LogP) is 3.90. The number of anilines is 1. The third kappa shape index (κ3) is 4.58. The van der Waals surface area contributed by atoms with Crippen LogP contribution in [0.1, 0.15) is 42.2 Å². The van der Waals surface area contributed by atoms with E-state index in [-0.39, 0.29) is 17.5 Å². The minimum atomic E-state index is -0.805. The highest BCUT2D eigenvalue weighted by Crippen LogP contribution is 2.32. The molecule has 0 radical (unpaired) electrons. The average molecular weight is 401 g/mol. The van der Waals surface area contributed by atoms with Crippen LogP contribution >= 0.6 is 22.9 Å². The first-order valence-corrected chi connectivity index (χ1v) is 10.1. The Morgan fingerprint density at radius 2 is 1.85 bits per heavy atom. The van der Waals surface area contributed by atoms with Gasteiger partial charge in [0.2, 0.25) is 5.91 Å². The summed E-state index contributed by atoms with van der Waals surface area (Å²) in [6, 6.07) is 12.1. The van der Waals surface area contributed by atoms with Crippen molar-refractivity contribution in [1.29, 1.82) is 0 Å². The molecule has 27 heavy (non-hydrogen) atoms. The van der Waals surface area contributed by atoms with Crippen LogP contribution in [0.4, 0.5) is 5.69 Å². The average Bonchev–Trinajstić information content (AvgIpc) is 3.31. The third-order valence-electron chi connectivity index (χ3n) is 3.65. The monoisotopic (exact) mass is 400 g/mol. The third-order valence-corrected chi connectivity index (χ3v) is 5.08. The number of hydrogen-bond acceptors (Lipinski definition) is 6. The number of benzene rings is 1. The van der Waals surface area contributed by atoms with Gasteiger partial charge in [-0.2, -0.15) is 0 Å². The molecular weight excluding hydrogens is 380 g/mol. The van der Waals surface area contributed by atoms with Crippen molar-refractivity contribution in [2.75, 3.05) is 4.90 Å². The Labute approximate surface area is 166 Å². The lowest BCUT2D eigenvalue weighted by Gasteiger charge is -2.32. The summed E-state index contributed by atoms with van der Waals surface area (Å²) in [5, 5.41) is 10.4. The second-order valence-corrected chi connectivity index (χ2v) is 8.55. The molecule has 0 spiro atoms. The van der Waals surface area contributed by atoms with Crippen molar-refractivity contribution in [1.82, 2.24) is 14.9 Å². The molecule has 6 nitrogen and oxygen atoms in total. The van der Waals surface area contributed by atoms with Crippen LogP contribution in [0.15, 0.2) is 53.2 Å². The number of amides is 2. The normalized spacial score (nSPS) is 12.4. The van der Waals surface area contributed by atoms with Crippen LogP contribution in [-0.2, 0) is 4.79 Å². The van der Waals surface area contributed by atoms with Crippen molar-refractivity contribution < 1.29 is 9.59 Å². The molecule has 0 aliphatic rings. The van der Waals surface area contributed by atoms with Crippen molar-refractivity contribution in [2.45, 2.75) is 32.4 Å². The first kappa shape index (κ1) is 19.2. The zero-order valence-corrected chi connectivity index (χ0v) is 16.9. The highest BCUT2D eigenvalue weighted by molar-refractivity contribution is 7.10. The van der Waals surface area contributed by atoms with Gasteiger partial charge in [-0.1, -0.05) is 28.8 Å². The number of thiophene rings is 1. The maximum absolute atomic E-state index is 13.3. The van der Waals surface area contributed by atoms with Gasteiger partial charge in [0.1, 0.15) is 0 Å². The summed E-state index contributed by atoms with van der Waals surface area (Å²) in [6.45, 7) is 5.74. The lowest BCUT2D eigenvalue weighted by atomic mass is 10.1. The van der Waals surface area contributed by atoms with E-state index in [1.165, 1.54) is 16.2 Å². The number of nitrogens with zero attached hydrogens (tertiary/aromatic N) is 3. The van der Waals surface area contributed by atoms with E-state index in [2.05, 4.69) is 14.9 Å². The fraction of sp³-hybridized carbons (Fsp3) is 0.263. The van der Waals surface area contributed by atoms with Gasteiger partial charge >= 0.3 is 0 Å². The summed E-state index contributed by atoms with van der Waals surface area (Å²) in [7, 11) is 0. The highest BCUT2D eigenvalue weighted by atomic mass is 32.1.